The van der Waals surface area contributed by atoms with Gasteiger partial charge < -0.3 is 38.4 Å². The zero-order chi connectivity index (χ0) is 26.6. The normalized spacial score (nSPS) is 12.0. The molecular formula is C32H72BrClN2. The first-order chi connectivity index (χ1) is 15.9. The van der Waals surface area contributed by atoms with Gasteiger partial charge in [-0.05, 0) is 25.7 Å². The number of unbranched alkanes of at least 4 members (excludes halogenated alkanes) is 4. The van der Waals surface area contributed by atoms with E-state index in [1.807, 2.05) is 0 Å². The molecule has 0 saturated heterocycles. The zero-order valence-electron chi connectivity index (χ0n) is 27.3. The van der Waals surface area contributed by atoms with Crippen LogP contribution in [0.1, 0.15) is 134 Å². The Bertz CT molecular complexity index is 355. The predicted molar refractivity (Wildman–Crippen MR) is 158 cm³/mol. The highest BCUT2D eigenvalue weighted by Crippen LogP contribution is 2.21. The highest BCUT2D eigenvalue weighted by molar-refractivity contribution is 4.57. The van der Waals surface area contributed by atoms with Gasteiger partial charge in [0.25, 0.3) is 0 Å². The monoisotopic (exact) mass is 598 g/mol. The van der Waals surface area contributed by atoms with Crippen molar-refractivity contribution in [1.29, 1.82) is 0 Å². The maximum atomic E-state index is 2.37. The molecule has 0 saturated carbocycles. The summed E-state index contributed by atoms with van der Waals surface area (Å²) in [6.07, 6.45) is 11.1. The van der Waals surface area contributed by atoms with Crippen LogP contribution in [-0.2, 0) is 0 Å². The molecule has 0 unspecified atom stereocenters. The number of halogens is 2. The summed E-state index contributed by atoms with van der Waals surface area (Å²) in [5, 5.41) is 0. The van der Waals surface area contributed by atoms with E-state index < -0.39 is 0 Å². The van der Waals surface area contributed by atoms with Gasteiger partial charge in [-0.15, -0.1) is 0 Å². The number of nitrogens with zero attached hydrogens (tertiary/aromatic N) is 2. The fourth-order valence-electron chi connectivity index (χ4n) is 6.19. The van der Waals surface area contributed by atoms with Gasteiger partial charge in [0.05, 0.1) is 52.4 Å². The van der Waals surface area contributed by atoms with Crippen molar-refractivity contribution in [3.05, 3.63) is 0 Å². The van der Waals surface area contributed by atoms with Gasteiger partial charge in [-0.2, -0.15) is 0 Å². The first-order valence-corrected chi connectivity index (χ1v) is 15.6. The van der Waals surface area contributed by atoms with Crippen LogP contribution in [0.15, 0.2) is 0 Å². The van der Waals surface area contributed by atoms with Gasteiger partial charge in [0.15, 0.2) is 0 Å². The van der Waals surface area contributed by atoms with Gasteiger partial charge in [0.2, 0.25) is 0 Å². The van der Waals surface area contributed by atoms with E-state index in [-0.39, 0.29) is 29.4 Å². The smallest absolute Gasteiger partial charge is 0.0810 e. The summed E-state index contributed by atoms with van der Waals surface area (Å²) in [5.74, 6) is 3.19. The summed E-state index contributed by atoms with van der Waals surface area (Å²) in [5.41, 5.74) is 0. The zero-order valence-corrected chi connectivity index (χ0v) is 29.6. The molecular weight excluding hydrogens is 528 g/mol. The molecule has 0 spiro atoms. The second-order valence-corrected chi connectivity index (χ2v) is 13.3. The van der Waals surface area contributed by atoms with E-state index in [1.54, 1.807) is 0 Å². The fourth-order valence-corrected chi connectivity index (χ4v) is 6.19. The van der Waals surface area contributed by atoms with Crippen LogP contribution in [0, 0.1) is 23.7 Å². The molecule has 0 atom stereocenters. The summed E-state index contributed by atoms with van der Waals surface area (Å²) in [6.45, 7) is 39.3. The van der Waals surface area contributed by atoms with Gasteiger partial charge >= 0.3 is 0 Å². The Morgan fingerprint density at radius 3 is 0.722 bits per heavy atom. The summed E-state index contributed by atoms with van der Waals surface area (Å²) in [6, 6.07) is 0. The lowest BCUT2D eigenvalue weighted by atomic mass is 10.0. The van der Waals surface area contributed by atoms with E-state index in [9.17, 15) is 0 Å². The van der Waals surface area contributed by atoms with Crippen LogP contribution in [-0.4, -0.2) is 61.3 Å². The van der Waals surface area contributed by atoms with Crippen molar-refractivity contribution >= 4 is 0 Å². The molecule has 0 aliphatic heterocycles. The minimum Gasteiger partial charge on any atom is -1.00 e. The quantitative estimate of drug-likeness (QED) is 0.188. The molecule has 0 N–H and O–H groups in total. The molecule has 0 heterocycles. The summed E-state index contributed by atoms with van der Waals surface area (Å²) in [7, 11) is 0. The Morgan fingerprint density at radius 2 is 0.583 bits per heavy atom. The molecule has 0 amide bonds. The first kappa shape index (κ1) is 43.7. The average Bonchev–Trinajstić information content (AvgIpc) is 2.71. The maximum Gasteiger partial charge on any atom is 0.0810 e. The van der Waals surface area contributed by atoms with Gasteiger partial charge in [-0.3, -0.25) is 0 Å². The Morgan fingerprint density at radius 1 is 0.389 bits per heavy atom. The number of hydrogen-bond donors (Lipinski definition) is 0. The van der Waals surface area contributed by atoms with Crippen LogP contribution in [0.3, 0.4) is 0 Å². The Hall–Kier alpha value is 0.690. The van der Waals surface area contributed by atoms with Crippen LogP contribution < -0.4 is 29.4 Å². The molecule has 0 aliphatic carbocycles. The molecule has 0 aromatic carbocycles. The van der Waals surface area contributed by atoms with Crippen LogP contribution in [0.25, 0.3) is 0 Å². The van der Waals surface area contributed by atoms with Crippen molar-refractivity contribution in [2.75, 3.05) is 52.4 Å². The Balaban J connectivity index is -0.000000269. The molecule has 4 heteroatoms. The van der Waals surface area contributed by atoms with E-state index in [0.717, 1.165) is 23.7 Å². The topological polar surface area (TPSA) is 0 Å². The maximum absolute atomic E-state index is 2.37. The summed E-state index contributed by atoms with van der Waals surface area (Å²) >= 11 is 0. The predicted octanol–water partition coefficient (Wildman–Crippen LogP) is 3.44. The summed E-state index contributed by atoms with van der Waals surface area (Å²) < 4.78 is 2.74. The van der Waals surface area contributed by atoms with E-state index >= 15 is 0 Å². The second-order valence-electron chi connectivity index (χ2n) is 13.3. The highest BCUT2D eigenvalue weighted by Gasteiger charge is 2.31. The van der Waals surface area contributed by atoms with Crippen molar-refractivity contribution in [3.63, 3.8) is 0 Å². The van der Waals surface area contributed by atoms with Crippen molar-refractivity contribution in [2.24, 2.45) is 23.7 Å². The standard InChI is InChI=1S/2C16H36N.BrH.ClH/c1-13(2)9-17(10-14(3)4,11-15(5)6)12-16(7)8;1-5-9-13-17(14-10-6-2,15-11-7-3)16-12-8-4;;/h13-16H,9-12H2,1-8H3;5-16H2,1-4H3;2*1H/q2*+1;;/p-2. The molecule has 2 nitrogen and oxygen atoms in total. The van der Waals surface area contributed by atoms with Crippen LogP contribution in [0.2, 0.25) is 0 Å². The van der Waals surface area contributed by atoms with Crippen LogP contribution >= 0.6 is 0 Å². The van der Waals surface area contributed by atoms with Gasteiger partial charge in [-0.25, -0.2) is 0 Å². The Kier molecular flexibility index (Phi) is 31.5. The third-order valence-corrected chi connectivity index (χ3v) is 6.95. The van der Waals surface area contributed by atoms with Crippen LogP contribution in [0.5, 0.6) is 0 Å². The van der Waals surface area contributed by atoms with Gasteiger partial charge in [-0.1, -0.05) is 109 Å². The average molecular weight is 600 g/mol. The van der Waals surface area contributed by atoms with Crippen LogP contribution in [0.4, 0.5) is 0 Å². The van der Waals surface area contributed by atoms with Gasteiger partial charge in [0, 0.05) is 23.7 Å². The lowest BCUT2D eigenvalue weighted by Gasteiger charge is -2.44. The molecule has 0 radical (unpaired) electrons. The third-order valence-electron chi connectivity index (χ3n) is 6.95. The molecule has 0 aliphatic rings. The minimum atomic E-state index is 0. The molecule has 224 valence electrons. The van der Waals surface area contributed by atoms with E-state index in [0.29, 0.717) is 0 Å². The van der Waals surface area contributed by atoms with E-state index in [1.165, 1.54) is 113 Å². The number of rotatable bonds is 20. The lowest BCUT2D eigenvalue weighted by Crippen LogP contribution is -3.00. The first-order valence-electron chi connectivity index (χ1n) is 15.6. The molecule has 0 aromatic heterocycles. The SMILES string of the molecule is CC(C)C[N+](CC(C)C)(CC(C)C)CC(C)C.CCCC[N+](CCCC)(CCCC)CCCC.[Br-].[Cl-]. The molecule has 0 aromatic rings. The summed E-state index contributed by atoms with van der Waals surface area (Å²) in [4.78, 5) is 0. The molecule has 36 heavy (non-hydrogen) atoms. The van der Waals surface area contributed by atoms with Crippen molar-refractivity contribution in [2.45, 2.75) is 134 Å². The van der Waals surface area contributed by atoms with E-state index in [2.05, 4.69) is 83.1 Å². The fraction of sp³-hybridized carbons (Fsp3) is 1.00. The Labute approximate surface area is 248 Å². The van der Waals surface area contributed by atoms with Crippen molar-refractivity contribution < 1.29 is 38.4 Å². The molecule has 0 bridgehead atoms. The van der Waals surface area contributed by atoms with Crippen molar-refractivity contribution in [3.8, 4) is 0 Å². The second kappa shape index (κ2) is 25.9. The van der Waals surface area contributed by atoms with Gasteiger partial charge in [0.1, 0.15) is 0 Å². The number of quaternary nitrogens is 2. The largest absolute Gasteiger partial charge is 1.00 e. The number of hydrogen-bond acceptors (Lipinski definition) is 0. The molecule has 0 fully saturated rings. The molecule has 0 rings (SSSR count). The lowest BCUT2D eigenvalue weighted by molar-refractivity contribution is -0.938. The third kappa shape index (κ3) is 23.8. The van der Waals surface area contributed by atoms with E-state index in [4.69, 9.17) is 0 Å². The highest BCUT2D eigenvalue weighted by atomic mass is 79.9. The minimum absolute atomic E-state index is 0. The van der Waals surface area contributed by atoms with Crippen molar-refractivity contribution in [1.82, 2.24) is 0 Å².